The summed E-state index contributed by atoms with van der Waals surface area (Å²) in [6.07, 6.45) is 0.155. The van der Waals surface area contributed by atoms with Gasteiger partial charge in [0.1, 0.15) is 11.5 Å². The summed E-state index contributed by atoms with van der Waals surface area (Å²) in [6, 6.07) is -0.569. The number of amides is 2. The summed E-state index contributed by atoms with van der Waals surface area (Å²) in [5, 5.41) is 18.1. The quantitative estimate of drug-likeness (QED) is 0.325. The minimum absolute atomic E-state index is 0.108. The molecule has 0 aromatic heterocycles. The smallest absolute Gasteiger partial charge is 0.305 e. The SMILES string of the molecule is CC(NC(=O)C(CC(=O)O)SN)C(C)(C)C(=O)NCC=O. The standard InChI is InChI=1S/C12H21N3O5S/c1-7(12(2,3)11(20)14-4-5-16)15-10(19)8(21-13)6-9(17)18/h5,7-8H,4,6,13H2,1-3H3,(H,14,20)(H,15,19)(H,17,18). The zero-order valence-corrected chi connectivity index (χ0v) is 13.0. The van der Waals surface area contributed by atoms with Gasteiger partial charge >= 0.3 is 5.97 Å². The number of carboxylic acid groups (broad SMARTS) is 1. The molecule has 9 heteroatoms. The number of hydrogen-bond donors (Lipinski definition) is 4. The molecule has 2 atom stereocenters. The van der Waals surface area contributed by atoms with E-state index in [-0.39, 0.29) is 6.54 Å². The predicted molar refractivity (Wildman–Crippen MR) is 78.3 cm³/mol. The molecular weight excluding hydrogens is 298 g/mol. The van der Waals surface area contributed by atoms with Crippen molar-refractivity contribution >= 4 is 36.0 Å². The summed E-state index contributed by atoms with van der Waals surface area (Å²) in [6.45, 7) is 4.74. The Bertz CT molecular complexity index is 414. The number of nitrogens with two attached hydrogens (primary N) is 1. The first-order chi connectivity index (χ1) is 9.66. The van der Waals surface area contributed by atoms with Gasteiger partial charge in [-0.25, -0.2) is 0 Å². The number of carbonyl (C=O) groups is 4. The molecule has 0 heterocycles. The zero-order chi connectivity index (χ0) is 16.6. The highest BCUT2D eigenvalue weighted by Gasteiger charge is 2.36. The van der Waals surface area contributed by atoms with Crippen molar-refractivity contribution in [3.8, 4) is 0 Å². The highest BCUT2D eigenvalue weighted by Crippen LogP contribution is 2.21. The molecule has 0 aromatic rings. The topological polar surface area (TPSA) is 139 Å². The van der Waals surface area contributed by atoms with Gasteiger partial charge in [-0.1, -0.05) is 11.9 Å². The van der Waals surface area contributed by atoms with E-state index in [0.29, 0.717) is 18.2 Å². The van der Waals surface area contributed by atoms with Crippen molar-refractivity contribution in [1.29, 1.82) is 0 Å². The van der Waals surface area contributed by atoms with Crippen LogP contribution in [0.2, 0.25) is 0 Å². The van der Waals surface area contributed by atoms with Crippen molar-refractivity contribution in [3.63, 3.8) is 0 Å². The van der Waals surface area contributed by atoms with E-state index in [9.17, 15) is 19.2 Å². The van der Waals surface area contributed by atoms with Gasteiger partial charge in [0.2, 0.25) is 11.8 Å². The average Bonchev–Trinajstić information content (AvgIpc) is 2.41. The molecule has 0 aliphatic rings. The minimum atomic E-state index is -1.14. The van der Waals surface area contributed by atoms with Crippen LogP contribution < -0.4 is 15.8 Å². The van der Waals surface area contributed by atoms with Crippen molar-refractivity contribution < 1.29 is 24.3 Å². The lowest BCUT2D eigenvalue weighted by atomic mass is 9.84. The second-order valence-corrected chi connectivity index (χ2v) is 5.89. The van der Waals surface area contributed by atoms with Crippen molar-refractivity contribution in [2.24, 2.45) is 10.6 Å². The third kappa shape index (κ3) is 6.13. The van der Waals surface area contributed by atoms with Gasteiger partial charge in [0.15, 0.2) is 0 Å². The first-order valence-electron chi connectivity index (χ1n) is 6.26. The van der Waals surface area contributed by atoms with E-state index >= 15 is 0 Å². The Labute approximate surface area is 127 Å². The number of nitrogens with one attached hydrogen (secondary N) is 2. The largest absolute Gasteiger partial charge is 0.481 e. The molecule has 0 bridgehead atoms. The molecule has 0 aliphatic heterocycles. The molecule has 0 rings (SSSR count). The van der Waals surface area contributed by atoms with Gasteiger partial charge in [-0.15, -0.1) is 0 Å². The molecule has 0 fully saturated rings. The highest BCUT2D eigenvalue weighted by molar-refractivity contribution is 7.98. The Balaban J connectivity index is 4.73. The van der Waals surface area contributed by atoms with Crippen molar-refractivity contribution in [2.75, 3.05) is 6.54 Å². The van der Waals surface area contributed by atoms with E-state index < -0.39 is 40.9 Å². The lowest BCUT2D eigenvalue weighted by molar-refractivity contribution is -0.139. The summed E-state index contributed by atoms with van der Waals surface area (Å²) < 4.78 is 0. The Morgan fingerprint density at radius 2 is 1.95 bits per heavy atom. The third-order valence-corrected chi connectivity index (χ3v) is 3.90. The molecule has 0 aromatic carbocycles. The molecule has 0 spiro atoms. The molecule has 5 N–H and O–H groups in total. The normalized spacial score (nSPS) is 13.9. The Kier molecular flexibility index (Phi) is 7.97. The van der Waals surface area contributed by atoms with Crippen molar-refractivity contribution in [3.05, 3.63) is 0 Å². The van der Waals surface area contributed by atoms with E-state index in [4.69, 9.17) is 10.2 Å². The monoisotopic (exact) mass is 319 g/mol. The number of carboxylic acids is 1. The summed E-state index contributed by atoms with van der Waals surface area (Å²) in [7, 11) is 0. The number of aliphatic carboxylic acids is 1. The van der Waals surface area contributed by atoms with Crippen LogP contribution in [0.1, 0.15) is 27.2 Å². The Morgan fingerprint density at radius 3 is 2.38 bits per heavy atom. The maximum Gasteiger partial charge on any atom is 0.305 e. The first kappa shape index (κ1) is 19.4. The zero-order valence-electron chi connectivity index (χ0n) is 12.2. The molecule has 2 amide bonds. The van der Waals surface area contributed by atoms with Crippen LogP contribution in [0.3, 0.4) is 0 Å². The van der Waals surface area contributed by atoms with Crippen molar-refractivity contribution in [2.45, 2.75) is 38.5 Å². The Hall–Kier alpha value is -1.61. The molecule has 21 heavy (non-hydrogen) atoms. The maximum atomic E-state index is 11.9. The van der Waals surface area contributed by atoms with Gasteiger partial charge in [0, 0.05) is 6.04 Å². The van der Waals surface area contributed by atoms with Crippen LogP contribution in [0.5, 0.6) is 0 Å². The number of rotatable bonds is 9. The average molecular weight is 319 g/mol. The molecule has 0 radical (unpaired) electrons. The summed E-state index contributed by atoms with van der Waals surface area (Å²) in [4.78, 5) is 44.8. The molecule has 0 saturated carbocycles. The van der Waals surface area contributed by atoms with Gasteiger partial charge in [-0.2, -0.15) is 0 Å². The van der Waals surface area contributed by atoms with Crippen LogP contribution in [0.4, 0.5) is 0 Å². The van der Waals surface area contributed by atoms with Gasteiger partial charge < -0.3 is 20.5 Å². The first-order valence-corrected chi connectivity index (χ1v) is 7.20. The van der Waals surface area contributed by atoms with Crippen molar-refractivity contribution in [1.82, 2.24) is 10.6 Å². The maximum absolute atomic E-state index is 11.9. The number of carbonyl (C=O) groups excluding carboxylic acids is 3. The van der Waals surface area contributed by atoms with Gasteiger partial charge in [0.25, 0.3) is 0 Å². The van der Waals surface area contributed by atoms with Crippen LogP contribution in [-0.4, -0.2) is 47.0 Å². The van der Waals surface area contributed by atoms with Crippen LogP contribution in [-0.2, 0) is 19.2 Å². The fourth-order valence-electron chi connectivity index (χ4n) is 1.41. The second kappa shape index (κ2) is 8.63. The van der Waals surface area contributed by atoms with Crippen LogP contribution >= 0.6 is 11.9 Å². The van der Waals surface area contributed by atoms with Gasteiger partial charge in [-0.3, -0.25) is 19.5 Å². The molecule has 0 aliphatic carbocycles. The molecule has 2 unspecified atom stereocenters. The van der Waals surface area contributed by atoms with Crippen LogP contribution in [0.25, 0.3) is 0 Å². The highest BCUT2D eigenvalue weighted by atomic mass is 32.2. The van der Waals surface area contributed by atoms with E-state index in [0.717, 1.165) is 0 Å². The third-order valence-electron chi connectivity index (χ3n) is 3.19. The summed E-state index contributed by atoms with van der Waals surface area (Å²) in [5.74, 6) is -2.07. The Morgan fingerprint density at radius 1 is 1.38 bits per heavy atom. The summed E-state index contributed by atoms with van der Waals surface area (Å²) in [5.41, 5.74) is -0.967. The summed E-state index contributed by atoms with van der Waals surface area (Å²) >= 11 is 0.641. The fraction of sp³-hybridized carbons (Fsp3) is 0.667. The predicted octanol–water partition coefficient (Wildman–Crippen LogP) is -0.717. The lowest BCUT2D eigenvalue weighted by Crippen LogP contribution is -2.53. The van der Waals surface area contributed by atoms with E-state index in [1.165, 1.54) is 0 Å². The van der Waals surface area contributed by atoms with E-state index in [1.807, 2.05) is 0 Å². The van der Waals surface area contributed by atoms with E-state index in [2.05, 4.69) is 10.6 Å². The lowest BCUT2D eigenvalue weighted by Gasteiger charge is -2.31. The van der Waals surface area contributed by atoms with Gasteiger partial charge in [-0.05, 0) is 20.8 Å². The number of hydrogen-bond acceptors (Lipinski definition) is 6. The van der Waals surface area contributed by atoms with Crippen LogP contribution in [0.15, 0.2) is 0 Å². The van der Waals surface area contributed by atoms with Gasteiger partial charge in [0.05, 0.1) is 18.4 Å². The molecule has 8 nitrogen and oxygen atoms in total. The molecule has 0 saturated heterocycles. The molecule has 120 valence electrons. The molecular formula is C12H21N3O5S. The minimum Gasteiger partial charge on any atom is -0.481 e. The fourth-order valence-corrected chi connectivity index (χ4v) is 1.84. The van der Waals surface area contributed by atoms with Crippen LogP contribution in [0, 0.1) is 5.41 Å². The van der Waals surface area contributed by atoms with E-state index in [1.54, 1.807) is 20.8 Å². The second-order valence-electron chi connectivity index (χ2n) is 5.05. The number of aldehydes is 1.